The number of nitrogens with zero attached hydrogens (tertiary/aromatic N) is 1. The van der Waals surface area contributed by atoms with Crippen molar-refractivity contribution in [1.82, 2.24) is 0 Å². The van der Waals surface area contributed by atoms with Gasteiger partial charge in [-0.3, -0.25) is 14.9 Å². The Kier molecular flexibility index (Phi) is 5.10. The summed E-state index contributed by atoms with van der Waals surface area (Å²) in [5, 5.41) is 22.7. The number of nitrogens with one attached hydrogen (secondary N) is 1. The first kappa shape index (κ1) is 16.9. The van der Waals surface area contributed by atoms with Gasteiger partial charge < -0.3 is 15.2 Å². The number of nitro groups is 1. The predicted molar refractivity (Wildman–Crippen MR) is 84.9 cm³/mol. The van der Waals surface area contributed by atoms with Crippen LogP contribution in [-0.4, -0.2) is 28.5 Å². The lowest BCUT2D eigenvalue weighted by Crippen LogP contribution is -2.21. The Morgan fingerprint density at radius 1 is 1.25 bits per heavy atom. The van der Waals surface area contributed by atoms with Crippen LogP contribution in [0.3, 0.4) is 0 Å². The molecule has 0 radical (unpaired) electrons. The average Bonchev–Trinajstić information content (AvgIpc) is 2.55. The number of carbonyl (C=O) groups is 2. The summed E-state index contributed by atoms with van der Waals surface area (Å²) in [4.78, 5) is 33.8. The quantitative estimate of drug-likeness (QED) is 0.493. The summed E-state index contributed by atoms with van der Waals surface area (Å²) in [5.41, 5.74) is 0.660. The fraction of sp³-hybridized carbons (Fsp3) is 0.125. The maximum Gasteiger partial charge on any atom is 0.342 e. The SMILES string of the molecule is Cc1ccc([N+](=O)[O-])cc1NC(=O)COC(=O)c1ccccc1O. The molecule has 2 N–H and O–H groups in total. The number of benzene rings is 2. The molecule has 8 heteroatoms. The van der Waals surface area contributed by atoms with Gasteiger partial charge in [-0.1, -0.05) is 18.2 Å². The van der Waals surface area contributed by atoms with Crippen LogP contribution in [0.15, 0.2) is 42.5 Å². The summed E-state index contributed by atoms with van der Waals surface area (Å²) in [5.74, 6) is -1.75. The minimum absolute atomic E-state index is 0.0585. The second-order valence-corrected chi connectivity index (χ2v) is 4.90. The fourth-order valence-electron chi connectivity index (χ4n) is 1.90. The Balaban J connectivity index is 1.99. The third-order valence-corrected chi connectivity index (χ3v) is 3.16. The van der Waals surface area contributed by atoms with Gasteiger partial charge >= 0.3 is 5.97 Å². The van der Waals surface area contributed by atoms with Crippen molar-refractivity contribution >= 4 is 23.3 Å². The number of rotatable bonds is 5. The lowest BCUT2D eigenvalue weighted by molar-refractivity contribution is -0.384. The molecular weight excluding hydrogens is 316 g/mol. The molecule has 2 aromatic carbocycles. The van der Waals surface area contributed by atoms with Gasteiger partial charge in [0.05, 0.1) is 10.6 Å². The van der Waals surface area contributed by atoms with E-state index in [-0.39, 0.29) is 22.7 Å². The molecule has 0 spiro atoms. The molecule has 0 heterocycles. The Hall–Kier alpha value is -3.42. The van der Waals surface area contributed by atoms with Crippen LogP contribution in [-0.2, 0) is 9.53 Å². The normalized spacial score (nSPS) is 10.0. The molecule has 0 fully saturated rings. The van der Waals surface area contributed by atoms with E-state index in [1.54, 1.807) is 19.1 Å². The molecule has 0 saturated carbocycles. The number of anilines is 1. The summed E-state index contributed by atoms with van der Waals surface area (Å²) in [6, 6.07) is 9.82. The Labute approximate surface area is 136 Å². The van der Waals surface area contributed by atoms with Crippen molar-refractivity contribution in [3.05, 3.63) is 63.7 Å². The Morgan fingerprint density at radius 3 is 2.62 bits per heavy atom. The lowest BCUT2D eigenvalue weighted by Gasteiger charge is -2.09. The van der Waals surface area contributed by atoms with Gasteiger partial charge in [-0.15, -0.1) is 0 Å². The molecule has 0 aliphatic carbocycles. The van der Waals surface area contributed by atoms with Gasteiger partial charge in [-0.05, 0) is 24.6 Å². The minimum Gasteiger partial charge on any atom is -0.507 e. The summed E-state index contributed by atoms with van der Waals surface area (Å²) < 4.78 is 4.82. The molecular formula is C16H14N2O6. The van der Waals surface area contributed by atoms with Crippen molar-refractivity contribution in [1.29, 1.82) is 0 Å². The van der Waals surface area contributed by atoms with Crippen molar-refractivity contribution < 1.29 is 24.4 Å². The fourth-order valence-corrected chi connectivity index (χ4v) is 1.90. The van der Waals surface area contributed by atoms with Crippen LogP contribution in [0.2, 0.25) is 0 Å². The van der Waals surface area contributed by atoms with E-state index in [0.29, 0.717) is 5.56 Å². The predicted octanol–water partition coefficient (Wildman–Crippen LogP) is 2.40. The molecule has 0 aliphatic heterocycles. The molecule has 0 aliphatic rings. The van der Waals surface area contributed by atoms with Crippen LogP contribution in [0.5, 0.6) is 5.75 Å². The monoisotopic (exact) mass is 330 g/mol. The molecule has 2 rings (SSSR count). The summed E-state index contributed by atoms with van der Waals surface area (Å²) in [6.45, 7) is 1.09. The number of aryl methyl sites for hydroxylation is 1. The number of para-hydroxylation sites is 1. The number of esters is 1. The highest BCUT2D eigenvalue weighted by Crippen LogP contribution is 2.22. The van der Waals surface area contributed by atoms with Gasteiger partial charge in [-0.25, -0.2) is 4.79 Å². The molecule has 1 amide bonds. The first-order valence-electron chi connectivity index (χ1n) is 6.88. The second-order valence-electron chi connectivity index (χ2n) is 4.90. The van der Waals surface area contributed by atoms with E-state index in [0.717, 1.165) is 0 Å². The number of hydrogen-bond acceptors (Lipinski definition) is 6. The number of aromatic hydroxyl groups is 1. The molecule has 0 bridgehead atoms. The van der Waals surface area contributed by atoms with Crippen LogP contribution in [0.1, 0.15) is 15.9 Å². The Morgan fingerprint density at radius 2 is 1.96 bits per heavy atom. The van der Waals surface area contributed by atoms with Crippen molar-refractivity contribution in [3.8, 4) is 5.75 Å². The summed E-state index contributed by atoms with van der Waals surface area (Å²) >= 11 is 0. The van der Waals surface area contributed by atoms with E-state index in [1.165, 1.54) is 30.3 Å². The largest absolute Gasteiger partial charge is 0.507 e. The highest BCUT2D eigenvalue weighted by atomic mass is 16.6. The lowest BCUT2D eigenvalue weighted by atomic mass is 10.2. The zero-order chi connectivity index (χ0) is 17.7. The summed E-state index contributed by atoms with van der Waals surface area (Å²) in [6.07, 6.45) is 0. The van der Waals surface area contributed by atoms with Crippen molar-refractivity contribution in [2.45, 2.75) is 6.92 Å². The number of carbonyl (C=O) groups excluding carboxylic acids is 2. The molecule has 124 valence electrons. The number of nitro benzene ring substituents is 1. The molecule has 0 atom stereocenters. The molecule has 0 saturated heterocycles. The minimum atomic E-state index is -0.848. The van der Waals surface area contributed by atoms with E-state index in [1.807, 2.05) is 0 Å². The van der Waals surface area contributed by atoms with Crippen LogP contribution >= 0.6 is 0 Å². The molecule has 0 aromatic heterocycles. The van der Waals surface area contributed by atoms with E-state index >= 15 is 0 Å². The van der Waals surface area contributed by atoms with Gasteiger partial charge in [0, 0.05) is 12.1 Å². The molecule has 2 aromatic rings. The number of phenols is 1. The van der Waals surface area contributed by atoms with Crippen LogP contribution in [0.4, 0.5) is 11.4 Å². The zero-order valence-corrected chi connectivity index (χ0v) is 12.7. The van der Waals surface area contributed by atoms with E-state index in [4.69, 9.17) is 4.74 Å². The van der Waals surface area contributed by atoms with Gasteiger partial charge in [0.1, 0.15) is 11.3 Å². The van der Waals surface area contributed by atoms with Crippen LogP contribution in [0.25, 0.3) is 0 Å². The van der Waals surface area contributed by atoms with Crippen molar-refractivity contribution in [3.63, 3.8) is 0 Å². The number of ether oxygens (including phenoxy) is 1. The molecule has 0 unspecified atom stereocenters. The first-order valence-corrected chi connectivity index (χ1v) is 6.88. The maximum atomic E-state index is 11.8. The first-order chi connectivity index (χ1) is 11.4. The summed E-state index contributed by atoms with van der Waals surface area (Å²) in [7, 11) is 0. The highest BCUT2D eigenvalue weighted by molar-refractivity contribution is 5.97. The third-order valence-electron chi connectivity index (χ3n) is 3.16. The van der Waals surface area contributed by atoms with Crippen molar-refractivity contribution in [2.24, 2.45) is 0 Å². The number of phenolic OH excluding ortho intramolecular Hbond substituents is 1. The third kappa shape index (κ3) is 4.07. The standard InChI is InChI=1S/C16H14N2O6/c1-10-6-7-11(18(22)23)8-13(10)17-15(20)9-24-16(21)12-4-2-3-5-14(12)19/h2-8,19H,9H2,1H3,(H,17,20). The van der Waals surface area contributed by atoms with E-state index in [2.05, 4.69) is 5.32 Å². The van der Waals surface area contributed by atoms with E-state index < -0.39 is 23.4 Å². The van der Waals surface area contributed by atoms with Gasteiger partial charge in [-0.2, -0.15) is 0 Å². The number of hydrogen-bond donors (Lipinski definition) is 2. The second kappa shape index (κ2) is 7.23. The van der Waals surface area contributed by atoms with Crippen LogP contribution < -0.4 is 5.32 Å². The van der Waals surface area contributed by atoms with Gasteiger partial charge in [0.25, 0.3) is 11.6 Å². The van der Waals surface area contributed by atoms with Crippen LogP contribution in [0, 0.1) is 17.0 Å². The Bertz CT molecular complexity index is 803. The molecule has 24 heavy (non-hydrogen) atoms. The average molecular weight is 330 g/mol. The highest BCUT2D eigenvalue weighted by Gasteiger charge is 2.15. The number of non-ortho nitro benzene ring substituents is 1. The maximum absolute atomic E-state index is 11.8. The zero-order valence-electron chi connectivity index (χ0n) is 12.7. The molecule has 8 nitrogen and oxygen atoms in total. The smallest absolute Gasteiger partial charge is 0.342 e. The number of amides is 1. The van der Waals surface area contributed by atoms with Crippen molar-refractivity contribution in [2.75, 3.05) is 11.9 Å². The van der Waals surface area contributed by atoms with E-state index in [9.17, 15) is 24.8 Å². The van der Waals surface area contributed by atoms with Gasteiger partial charge in [0.2, 0.25) is 0 Å². The van der Waals surface area contributed by atoms with Gasteiger partial charge in [0.15, 0.2) is 6.61 Å². The topological polar surface area (TPSA) is 119 Å².